The number of amides is 1. The van der Waals surface area contributed by atoms with E-state index in [1.165, 1.54) is 0 Å². The predicted octanol–water partition coefficient (Wildman–Crippen LogP) is 1.15. The molecule has 0 aliphatic heterocycles. The second kappa shape index (κ2) is 3.33. The molecule has 0 spiro atoms. The zero-order valence-corrected chi connectivity index (χ0v) is 7.80. The van der Waals surface area contributed by atoms with Crippen molar-refractivity contribution in [3.05, 3.63) is 0 Å². The third-order valence-electron chi connectivity index (χ3n) is 2.43. The normalized spacial score (nSPS) is 33.2. The summed E-state index contributed by atoms with van der Waals surface area (Å²) in [6, 6.07) is 1.75. The van der Waals surface area contributed by atoms with Crippen molar-refractivity contribution < 1.29 is 9.18 Å². The van der Waals surface area contributed by atoms with Crippen LogP contribution >= 0.6 is 0 Å². The van der Waals surface area contributed by atoms with Crippen LogP contribution in [0.15, 0.2) is 0 Å². The van der Waals surface area contributed by atoms with Crippen molar-refractivity contribution in [3.8, 4) is 6.07 Å². The Morgan fingerprint density at radius 2 is 2.46 bits per heavy atom. The molecule has 0 bridgehead atoms. The first-order valence-electron chi connectivity index (χ1n) is 4.32. The molecular weight excluding hydrogens is 171 g/mol. The van der Waals surface area contributed by atoms with Gasteiger partial charge in [0.05, 0.1) is 17.9 Å². The maximum absolute atomic E-state index is 12.7. The summed E-state index contributed by atoms with van der Waals surface area (Å²) in [5.74, 6) is -0.275. The molecule has 72 valence electrons. The van der Waals surface area contributed by atoms with Gasteiger partial charge in [-0.2, -0.15) is 5.26 Å². The molecular formula is C9H13FN2O. The van der Waals surface area contributed by atoms with E-state index in [-0.39, 0.29) is 18.4 Å². The van der Waals surface area contributed by atoms with Gasteiger partial charge in [0.15, 0.2) is 0 Å². The Kier molecular flexibility index (Phi) is 2.55. The highest BCUT2D eigenvalue weighted by Gasteiger charge is 2.57. The van der Waals surface area contributed by atoms with Gasteiger partial charge in [0.2, 0.25) is 5.91 Å². The zero-order valence-electron chi connectivity index (χ0n) is 7.80. The minimum absolute atomic E-state index is 0.192. The van der Waals surface area contributed by atoms with Crippen LogP contribution in [-0.2, 0) is 4.79 Å². The van der Waals surface area contributed by atoms with Crippen LogP contribution in [0.2, 0.25) is 0 Å². The van der Waals surface area contributed by atoms with E-state index >= 15 is 0 Å². The van der Waals surface area contributed by atoms with E-state index in [1.807, 2.05) is 6.07 Å². The lowest BCUT2D eigenvalue weighted by atomic mass is 10.1. The number of nitrogens with one attached hydrogen (secondary N) is 1. The molecule has 1 rings (SSSR count). The van der Waals surface area contributed by atoms with Gasteiger partial charge in [-0.05, 0) is 20.3 Å². The summed E-state index contributed by atoms with van der Waals surface area (Å²) in [5, 5.41) is 11.0. The van der Waals surface area contributed by atoms with Crippen molar-refractivity contribution in [3.63, 3.8) is 0 Å². The van der Waals surface area contributed by atoms with Crippen LogP contribution in [0.5, 0.6) is 0 Å². The van der Waals surface area contributed by atoms with E-state index in [4.69, 9.17) is 5.26 Å². The number of alkyl halides is 1. The Labute approximate surface area is 76.9 Å². The van der Waals surface area contributed by atoms with E-state index in [0.717, 1.165) is 0 Å². The highest BCUT2D eigenvalue weighted by Crippen LogP contribution is 2.48. The van der Waals surface area contributed by atoms with Crippen LogP contribution < -0.4 is 5.32 Å². The molecule has 3 atom stereocenters. The molecule has 1 amide bonds. The molecule has 1 saturated carbocycles. The molecule has 0 radical (unpaired) electrons. The van der Waals surface area contributed by atoms with Crippen molar-refractivity contribution in [1.29, 1.82) is 5.26 Å². The fourth-order valence-electron chi connectivity index (χ4n) is 1.12. The molecule has 1 fully saturated rings. The maximum atomic E-state index is 12.7. The van der Waals surface area contributed by atoms with Crippen molar-refractivity contribution in [1.82, 2.24) is 5.32 Å². The topological polar surface area (TPSA) is 52.9 Å². The Bertz CT molecular complexity index is 261. The van der Waals surface area contributed by atoms with Crippen LogP contribution in [0.3, 0.4) is 0 Å². The van der Waals surface area contributed by atoms with Crippen molar-refractivity contribution in [2.24, 2.45) is 5.41 Å². The molecule has 13 heavy (non-hydrogen) atoms. The minimum Gasteiger partial charge on any atom is -0.352 e. The number of nitriles is 1. The summed E-state index contributed by atoms with van der Waals surface area (Å²) in [6.07, 6.45) is -0.446. The number of nitrogens with zero attached hydrogens (tertiary/aromatic N) is 1. The molecule has 3 nitrogen and oxygen atoms in total. The summed E-state index contributed by atoms with van der Waals surface area (Å²) >= 11 is 0. The predicted molar refractivity (Wildman–Crippen MR) is 45.5 cm³/mol. The van der Waals surface area contributed by atoms with E-state index in [9.17, 15) is 9.18 Å². The second-order valence-electron chi connectivity index (χ2n) is 3.83. The van der Waals surface area contributed by atoms with Gasteiger partial charge >= 0.3 is 0 Å². The zero-order chi connectivity index (χ0) is 10.1. The average Bonchev–Trinajstić information content (AvgIpc) is 2.61. The largest absolute Gasteiger partial charge is 0.352 e. The van der Waals surface area contributed by atoms with Crippen LogP contribution in [0.25, 0.3) is 0 Å². The third kappa shape index (κ3) is 1.97. The van der Waals surface area contributed by atoms with Crippen LogP contribution in [0, 0.1) is 16.7 Å². The van der Waals surface area contributed by atoms with Gasteiger partial charge in [0.1, 0.15) is 6.17 Å². The molecule has 1 aliphatic carbocycles. The van der Waals surface area contributed by atoms with Gasteiger partial charge in [-0.3, -0.25) is 4.79 Å². The van der Waals surface area contributed by atoms with Gasteiger partial charge in [-0.1, -0.05) is 0 Å². The highest BCUT2D eigenvalue weighted by atomic mass is 19.1. The number of carbonyl (C=O) groups is 1. The van der Waals surface area contributed by atoms with E-state index < -0.39 is 11.6 Å². The standard InChI is InChI=1S/C9H13FN2O/c1-6(3-4-11)12-8(13)9(2)5-7(9)10/h6-7H,3,5H2,1-2H3,(H,12,13). The molecule has 0 aromatic rings. The smallest absolute Gasteiger partial charge is 0.229 e. The molecule has 1 aliphatic rings. The number of hydrogen-bond donors (Lipinski definition) is 1. The minimum atomic E-state index is -1.01. The Hall–Kier alpha value is -1.11. The highest BCUT2D eigenvalue weighted by molar-refractivity contribution is 5.86. The number of hydrogen-bond acceptors (Lipinski definition) is 2. The van der Waals surface area contributed by atoms with Gasteiger partial charge in [0.25, 0.3) is 0 Å². The lowest BCUT2D eigenvalue weighted by Gasteiger charge is -2.13. The first-order chi connectivity index (χ1) is 6.00. The summed E-state index contributed by atoms with van der Waals surface area (Å²) in [4.78, 5) is 11.4. The van der Waals surface area contributed by atoms with Gasteiger partial charge < -0.3 is 5.32 Å². The fraction of sp³-hybridized carbons (Fsp3) is 0.778. The Morgan fingerprint density at radius 1 is 1.92 bits per heavy atom. The van der Waals surface area contributed by atoms with Crippen LogP contribution in [0.4, 0.5) is 4.39 Å². The molecule has 4 heteroatoms. The van der Waals surface area contributed by atoms with Crippen molar-refractivity contribution in [2.45, 2.75) is 38.9 Å². The SMILES string of the molecule is CC(CC#N)NC(=O)C1(C)CC1F. The van der Waals surface area contributed by atoms with Gasteiger partial charge in [-0.25, -0.2) is 4.39 Å². The van der Waals surface area contributed by atoms with Gasteiger partial charge in [-0.15, -0.1) is 0 Å². The Morgan fingerprint density at radius 3 is 2.85 bits per heavy atom. The number of rotatable bonds is 3. The Balaban J connectivity index is 2.39. The van der Waals surface area contributed by atoms with E-state index in [1.54, 1.807) is 13.8 Å². The number of carbonyl (C=O) groups excluding carboxylic acids is 1. The molecule has 3 unspecified atom stereocenters. The van der Waals surface area contributed by atoms with Gasteiger partial charge in [0, 0.05) is 6.04 Å². The van der Waals surface area contributed by atoms with Crippen molar-refractivity contribution in [2.75, 3.05) is 0 Å². The number of halogens is 1. The third-order valence-corrected chi connectivity index (χ3v) is 2.43. The molecule has 0 heterocycles. The summed E-state index contributed by atoms with van der Waals surface area (Å²) in [5.41, 5.74) is -0.830. The summed E-state index contributed by atoms with van der Waals surface area (Å²) in [6.45, 7) is 3.34. The summed E-state index contributed by atoms with van der Waals surface area (Å²) < 4.78 is 12.7. The molecule has 0 aromatic carbocycles. The quantitative estimate of drug-likeness (QED) is 0.715. The van der Waals surface area contributed by atoms with E-state index in [0.29, 0.717) is 6.42 Å². The van der Waals surface area contributed by atoms with E-state index in [2.05, 4.69) is 5.32 Å². The van der Waals surface area contributed by atoms with Crippen LogP contribution in [-0.4, -0.2) is 18.1 Å². The first-order valence-corrected chi connectivity index (χ1v) is 4.32. The van der Waals surface area contributed by atoms with Crippen molar-refractivity contribution >= 4 is 5.91 Å². The molecule has 0 aromatic heterocycles. The second-order valence-corrected chi connectivity index (χ2v) is 3.83. The first kappa shape index (κ1) is 9.97. The average molecular weight is 184 g/mol. The fourth-order valence-corrected chi connectivity index (χ4v) is 1.12. The summed E-state index contributed by atoms with van der Waals surface area (Å²) in [7, 11) is 0. The lowest BCUT2D eigenvalue weighted by molar-refractivity contribution is -0.126. The molecule has 0 saturated heterocycles. The monoisotopic (exact) mass is 184 g/mol. The lowest BCUT2D eigenvalue weighted by Crippen LogP contribution is -2.38. The maximum Gasteiger partial charge on any atom is 0.229 e. The van der Waals surface area contributed by atoms with Crippen LogP contribution in [0.1, 0.15) is 26.7 Å². The molecule has 1 N–H and O–H groups in total.